The van der Waals surface area contributed by atoms with Crippen LogP contribution in [0.25, 0.3) is 0 Å². The molecule has 0 aliphatic carbocycles. The molecule has 5 nitrogen and oxygen atoms in total. The molecule has 1 rings (SSSR count). The largest absolute Gasteiger partial charge is 0.479 e. The van der Waals surface area contributed by atoms with Gasteiger partial charge in [0.2, 0.25) is 15.2 Å². The van der Waals surface area contributed by atoms with Gasteiger partial charge in [0.25, 0.3) is 0 Å². The van der Waals surface area contributed by atoms with Crippen molar-refractivity contribution in [3.8, 4) is 0 Å². The minimum absolute atomic E-state index is 0.0256. The molecule has 13 heavy (non-hydrogen) atoms. The number of thiophene rings is 1. The van der Waals surface area contributed by atoms with Crippen LogP contribution < -0.4 is 5.73 Å². The number of hydrogen-bond acceptors (Lipinski definition) is 5. The summed E-state index contributed by atoms with van der Waals surface area (Å²) in [6, 6.07) is 2.84. The van der Waals surface area contributed by atoms with Gasteiger partial charge < -0.3 is 10.8 Å². The lowest BCUT2D eigenvalue weighted by molar-refractivity contribution is -0.136. The molecule has 7 heteroatoms. The summed E-state index contributed by atoms with van der Waals surface area (Å²) in [6.07, 6.45) is 0. The maximum atomic E-state index is 11.3. The minimum atomic E-state index is -3.90. The summed E-state index contributed by atoms with van der Waals surface area (Å²) in [6.45, 7) is 0. The van der Waals surface area contributed by atoms with Crippen molar-refractivity contribution in [3.63, 3.8) is 0 Å². The van der Waals surface area contributed by atoms with Crippen LogP contribution in [0.1, 0.15) is 0 Å². The molecule has 1 heterocycles. The molecule has 0 amide bonds. The number of carboxylic acid groups (broad SMARTS) is 1. The van der Waals surface area contributed by atoms with E-state index < -0.39 is 21.2 Å². The molecule has 0 fully saturated rings. The van der Waals surface area contributed by atoms with Gasteiger partial charge >= 0.3 is 5.97 Å². The number of carboxylic acids is 1. The molecule has 0 bridgehead atoms. The first-order chi connectivity index (χ1) is 5.96. The zero-order chi connectivity index (χ0) is 10.1. The van der Waals surface area contributed by atoms with Crippen LogP contribution in [-0.2, 0) is 14.6 Å². The second kappa shape index (κ2) is 3.44. The van der Waals surface area contributed by atoms with Crippen molar-refractivity contribution >= 4 is 27.1 Å². The van der Waals surface area contributed by atoms with Gasteiger partial charge in [-0.2, -0.15) is 0 Å². The third-order valence-corrected chi connectivity index (χ3v) is 4.57. The summed E-state index contributed by atoms with van der Waals surface area (Å²) in [5, 5.41) is 8.08. The predicted octanol–water partition coefficient (Wildman–Crippen LogP) is -0.109. The molecule has 0 aliphatic heterocycles. The molecular formula is C6H7NO4S2. The van der Waals surface area contributed by atoms with E-state index in [1.54, 1.807) is 5.38 Å². The lowest BCUT2D eigenvalue weighted by Gasteiger charge is -2.05. The van der Waals surface area contributed by atoms with Crippen LogP contribution in [0, 0.1) is 0 Å². The maximum absolute atomic E-state index is 11.3. The number of sulfone groups is 1. The van der Waals surface area contributed by atoms with E-state index in [0.717, 1.165) is 11.3 Å². The highest BCUT2D eigenvalue weighted by Gasteiger charge is 2.30. The molecule has 72 valence electrons. The molecule has 0 saturated carbocycles. The molecule has 1 aromatic rings. The van der Waals surface area contributed by atoms with Crippen molar-refractivity contribution in [2.24, 2.45) is 5.73 Å². The fraction of sp³-hybridized carbons (Fsp3) is 0.167. The molecule has 0 spiro atoms. The first kappa shape index (κ1) is 10.2. The van der Waals surface area contributed by atoms with Gasteiger partial charge in [0.1, 0.15) is 4.21 Å². The second-order valence-corrected chi connectivity index (χ2v) is 5.48. The van der Waals surface area contributed by atoms with Crippen LogP contribution in [0.5, 0.6) is 0 Å². The van der Waals surface area contributed by atoms with Gasteiger partial charge in [-0.1, -0.05) is 6.07 Å². The number of carbonyl (C=O) groups is 1. The molecule has 1 atom stereocenters. The van der Waals surface area contributed by atoms with Gasteiger partial charge in [0.05, 0.1) is 0 Å². The summed E-state index contributed by atoms with van der Waals surface area (Å²) in [5.74, 6) is -1.55. The van der Waals surface area contributed by atoms with Crippen LogP contribution in [0.3, 0.4) is 0 Å². The monoisotopic (exact) mass is 221 g/mol. The smallest absolute Gasteiger partial charge is 0.336 e. The number of hydrogen-bond donors (Lipinski definition) is 2. The summed E-state index contributed by atoms with van der Waals surface area (Å²) < 4.78 is 22.7. The first-order valence-electron chi connectivity index (χ1n) is 3.22. The van der Waals surface area contributed by atoms with Gasteiger partial charge in [-0.3, -0.25) is 0 Å². The molecule has 0 saturated heterocycles. The van der Waals surface area contributed by atoms with Crippen molar-refractivity contribution < 1.29 is 18.3 Å². The number of aliphatic carboxylic acids is 1. The van der Waals surface area contributed by atoms with Gasteiger partial charge in [0, 0.05) is 0 Å². The van der Waals surface area contributed by atoms with E-state index >= 15 is 0 Å². The van der Waals surface area contributed by atoms with Gasteiger partial charge in [0.15, 0.2) is 0 Å². The maximum Gasteiger partial charge on any atom is 0.336 e. The lowest BCUT2D eigenvalue weighted by atomic mass is 10.7. The third-order valence-electron chi connectivity index (χ3n) is 1.35. The highest BCUT2D eigenvalue weighted by Crippen LogP contribution is 2.19. The normalized spacial score (nSPS) is 13.9. The van der Waals surface area contributed by atoms with Crippen molar-refractivity contribution in [2.75, 3.05) is 0 Å². The summed E-state index contributed by atoms with van der Waals surface area (Å²) in [5.41, 5.74) is 5.00. The Morgan fingerprint density at radius 1 is 1.62 bits per heavy atom. The van der Waals surface area contributed by atoms with Crippen molar-refractivity contribution in [1.29, 1.82) is 0 Å². The number of nitrogens with two attached hydrogens (primary N) is 1. The van der Waals surface area contributed by atoms with E-state index in [4.69, 9.17) is 10.8 Å². The van der Waals surface area contributed by atoms with Crippen LogP contribution in [0.4, 0.5) is 0 Å². The molecular weight excluding hydrogens is 214 g/mol. The Labute approximate surface area is 78.7 Å². The van der Waals surface area contributed by atoms with E-state index in [2.05, 4.69) is 0 Å². The third kappa shape index (κ3) is 1.87. The molecule has 0 aromatic carbocycles. The van der Waals surface area contributed by atoms with Gasteiger partial charge in [-0.05, 0) is 11.4 Å². The highest BCUT2D eigenvalue weighted by atomic mass is 32.2. The summed E-state index contributed by atoms with van der Waals surface area (Å²) >= 11 is 0.944. The van der Waals surface area contributed by atoms with Crippen molar-refractivity contribution in [2.45, 2.75) is 9.58 Å². The average molecular weight is 221 g/mol. The number of rotatable bonds is 3. The SMILES string of the molecule is NC(C(=O)O)S(=O)(=O)c1cccs1. The topological polar surface area (TPSA) is 97.5 Å². The predicted molar refractivity (Wildman–Crippen MR) is 47.1 cm³/mol. The highest BCUT2D eigenvalue weighted by molar-refractivity contribution is 7.94. The Hall–Kier alpha value is -0.920. The van der Waals surface area contributed by atoms with Crippen LogP contribution in [0.2, 0.25) is 0 Å². The summed E-state index contributed by atoms with van der Waals surface area (Å²) in [7, 11) is -3.90. The standard InChI is InChI=1S/C6H7NO4S2/c7-5(6(8)9)13(10,11)4-2-1-3-12-4/h1-3,5H,7H2,(H,8,9). The Bertz CT molecular complexity index is 394. The summed E-state index contributed by atoms with van der Waals surface area (Å²) in [4.78, 5) is 10.3. The molecule has 1 unspecified atom stereocenters. The zero-order valence-electron chi connectivity index (χ0n) is 6.38. The van der Waals surface area contributed by atoms with Gasteiger partial charge in [-0.15, -0.1) is 11.3 Å². The lowest BCUT2D eigenvalue weighted by Crippen LogP contribution is -2.38. The quantitative estimate of drug-likeness (QED) is 0.742. The van der Waals surface area contributed by atoms with E-state index in [1.165, 1.54) is 12.1 Å². The van der Waals surface area contributed by atoms with E-state index in [-0.39, 0.29) is 4.21 Å². The van der Waals surface area contributed by atoms with E-state index in [1.807, 2.05) is 0 Å². The fourth-order valence-electron chi connectivity index (χ4n) is 0.683. The van der Waals surface area contributed by atoms with E-state index in [0.29, 0.717) is 0 Å². The van der Waals surface area contributed by atoms with Crippen LogP contribution in [-0.4, -0.2) is 24.9 Å². The second-order valence-electron chi connectivity index (χ2n) is 2.24. The molecule has 1 aromatic heterocycles. The average Bonchev–Trinajstić information content (AvgIpc) is 2.54. The Morgan fingerprint density at radius 3 is 2.62 bits per heavy atom. The Kier molecular flexibility index (Phi) is 2.69. The van der Waals surface area contributed by atoms with Crippen LogP contribution in [0.15, 0.2) is 21.7 Å². The molecule has 0 aliphatic rings. The fourth-order valence-corrected chi connectivity index (χ4v) is 2.93. The van der Waals surface area contributed by atoms with Crippen molar-refractivity contribution in [3.05, 3.63) is 17.5 Å². The molecule has 3 N–H and O–H groups in total. The Morgan fingerprint density at radius 2 is 2.23 bits per heavy atom. The molecule has 0 radical (unpaired) electrons. The van der Waals surface area contributed by atoms with Crippen molar-refractivity contribution in [1.82, 2.24) is 0 Å². The van der Waals surface area contributed by atoms with E-state index in [9.17, 15) is 13.2 Å². The minimum Gasteiger partial charge on any atom is -0.479 e. The van der Waals surface area contributed by atoms with Gasteiger partial charge in [-0.25, -0.2) is 13.2 Å². The Balaban J connectivity index is 3.11. The first-order valence-corrected chi connectivity index (χ1v) is 5.64. The zero-order valence-corrected chi connectivity index (χ0v) is 8.01. The van der Waals surface area contributed by atoms with Crippen LogP contribution >= 0.6 is 11.3 Å².